The number of thioether (sulfide) groups is 1. The Kier molecular flexibility index (Phi) is 4.55. The number of aromatic amines is 1. The number of primary sulfonamides is 1. The zero-order chi connectivity index (χ0) is 17.2. The number of azo groups is 1. The highest BCUT2D eigenvalue weighted by molar-refractivity contribution is 7.99. The van der Waals surface area contributed by atoms with E-state index >= 15 is 0 Å². The SMILES string of the molecule is CCSc1ncnc2nc(N=Nc3ccc(S(N)(=O)=O)cc3)[nH]c12. The van der Waals surface area contributed by atoms with E-state index in [0.29, 0.717) is 22.8 Å². The number of nitrogens with one attached hydrogen (secondary N) is 1. The van der Waals surface area contributed by atoms with Crippen LogP contribution >= 0.6 is 11.8 Å². The smallest absolute Gasteiger partial charge is 0.249 e. The third kappa shape index (κ3) is 3.58. The molecule has 0 saturated carbocycles. The number of hydrogen-bond donors (Lipinski definition) is 2. The Morgan fingerprint density at radius 2 is 1.96 bits per heavy atom. The fraction of sp³-hybridized carbons (Fsp3) is 0.154. The van der Waals surface area contributed by atoms with Crippen molar-refractivity contribution < 1.29 is 8.42 Å². The van der Waals surface area contributed by atoms with Crippen LogP contribution in [-0.2, 0) is 10.0 Å². The molecule has 0 fully saturated rings. The first kappa shape index (κ1) is 16.5. The zero-order valence-electron chi connectivity index (χ0n) is 12.5. The number of H-pyrrole nitrogens is 1. The molecule has 0 bridgehead atoms. The quantitative estimate of drug-likeness (QED) is 0.405. The van der Waals surface area contributed by atoms with Crippen LogP contribution < -0.4 is 5.14 Å². The molecule has 0 spiro atoms. The normalized spacial score (nSPS) is 12.2. The minimum absolute atomic E-state index is 0.0155. The molecule has 2 aromatic heterocycles. The monoisotopic (exact) mass is 363 g/mol. The van der Waals surface area contributed by atoms with Gasteiger partial charge in [-0.15, -0.1) is 22.0 Å². The lowest BCUT2D eigenvalue weighted by Gasteiger charge is -1.97. The highest BCUT2D eigenvalue weighted by Crippen LogP contribution is 2.25. The summed E-state index contributed by atoms with van der Waals surface area (Å²) in [6.45, 7) is 2.03. The average Bonchev–Trinajstić information content (AvgIpc) is 2.97. The lowest BCUT2D eigenvalue weighted by atomic mass is 10.3. The third-order valence-corrected chi connectivity index (χ3v) is 4.75. The summed E-state index contributed by atoms with van der Waals surface area (Å²) < 4.78 is 22.4. The van der Waals surface area contributed by atoms with Crippen LogP contribution in [0.1, 0.15) is 6.92 Å². The number of benzene rings is 1. The molecule has 124 valence electrons. The van der Waals surface area contributed by atoms with E-state index in [4.69, 9.17) is 5.14 Å². The Balaban J connectivity index is 1.86. The largest absolute Gasteiger partial charge is 0.317 e. The van der Waals surface area contributed by atoms with Crippen molar-refractivity contribution in [1.82, 2.24) is 19.9 Å². The molecule has 24 heavy (non-hydrogen) atoms. The second kappa shape index (κ2) is 6.63. The van der Waals surface area contributed by atoms with Crippen LogP contribution in [0.2, 0.25) is 0 Å². The van der Waals surface area contributed by atoms with Gasteiger partial charge in [0, 0.05) is 0 Å². The molecule has 11 heteroatoms. The van der Waals surface area contributed by atoms with Crippen LogP contribution in [-0.4, -0.2) is 34.1 Å². The first-order valence-corrected chi connectivity index (χ1v) is 9.38. The molecule has 3 N–H and O–H groups in total. The predicted octanol–water partition coefficient (Wildman–Crippen LogP) is 2.53. The van der Waals surface area contributed by atoms with Gasteiger partial charge in [-0.25, -0.2) is 23.5 Å². The Morgan fingerprint density at radius 1 is 1.21 bits per heavy atom. The van der Waals surface area contributed by atoms with Gasteiger partial charge < -0.3 is 4.98 Å². The van der Waals surface area contributed by atoms with Crippen LogP contribution in [0.15, 0.2) is 50.7 Å². The molecule has 0 radical (unpaired) electrons. The Labute approximate surface area is 141 Å². The Morgan fingerprint density at radius 3 is 2.62 bits per heavy atom. The topological polar surface area (TPSA) is 139 Å². The minimum Gasteiger partial charge on any atom is -0.317 e. The molecular weight excluding hydrogens is 350 g/mol. The number of sulfonamides is 1. The van der Waals surface area contributed by atoms with E-state index in [1.165, 1.54) is 30.6 Å². The fourth-order valence-corrected chi connectivity index (χ4v) is 3.09. The molecule has 1 aromatic carbocycles. The summed E-state index contributed by atoms with van der Waals surface area (Å²) in [5.41, 5.74) is 1.69. The molecule has 2 heterocycles. The van der Waals surface area contributed by atoms with Crippen LogP contribution in [0.5, 0.6) is 0 Å². The van der Waals surface area contributed by atoms with Gasteiger partial charge in [0.05, 0.1) is 10.6 Å². The van der Waals surface area contributed by atoms with Gasteiger partial charge in [-0.2, -0.15) is 4.98 Å². The van der Waals surface area contributed by atoms with Crippen molar-refractivity contribution >= 4 is 44.6 Å². The Bertz CT molecular complexity index is 997. The summed E-state index contributed by atoms with van der Waals surface area (Å²) in [4.78, 5) is 15.6. The summed E-state index contributed by atoms with van der Waals surface area (Å²) >= 11 is 1.57. The average molecular weight is 363 g/mol. The lowest BCUT2D eigenvalue weighted by molar-refractivity contribution is 0.598. The molecule has 0 saturated heterocycles. The molecule has 3 aromatic rings. The van der Waals surface area contributed by atoms with Gasteiger partial charge in [-0.3, -0.25) is 0 Å². The van der Waals surface area contributed by atoms with Gasteiger partial charge in [0.1, 0.15) is 16.9 Å². The summed E-state index contributed by atoms with van der Waals surface area (Å²) in [7, 11) is -3.72. The van der Waals surface area contributed by atoms with Crippen molar-refractivity contribution in [1.29, 1.82) is 0 Å². The fourth-order valence-electron chi connectivity index (χ4n) is 1.90. The molecule has 9 nitrogen and oxygen atoms in total. The Hall–Kier alpha value is -2.37. The standard InChI is InChI=1S/C13H13N7O2S2/c1-2-23-12-10-11(15-7-16-12)18-13(17-10)20-19-8-3-5-9(6-4-8)24(14,21)22/h3-7H,2H2,1H3,(H2,14,21,22)(H,15,16,17,18). The molecule has 3 rings (SSSR count). The van der Waals surface area contributed by atoms with Crippen molar-refractivity contribution in [3.05, 3.63) is 30.6 Å². The number of nitrogens with two attached hydrogens (primary N) is 1. The van der Waals surface area contributed by atoms with Gasteiger partial charge in [0.2, 0.25) is 16.0 Å². The molecule has 0 atom stereocenters. The van der Waals surface area contributed by atoms with Gasteiger partial charge >= 0.3 is 0 Å². The third-order valence-electron chi connectivity index (χ3n) is 2.95. The number of hydrogen-bond acceptors (Lipinski definition) is 8. The van der Waals surface area contributed by atoms with Gasteiger partial charge in [0.25, 0.3) is 0 Å². The minimum atomic E-state index is -3.72. The predicted molar refractivity (Wildman–Crippen MR) is 90.1 cm³/mol. The summed E-state index contributed by atoms with van der Waals surface area (Å²) in [5, 5.41) is 13.9. The van der Waals surface area contributed by atoms with Crippen molar-refractivity contribution in [2.24, 2.45) is 15.4 Å². The molecule has 0 unspecified atom stereocenters. The molecular formula is C13H13N7O2S2. The van der Waals surface area contributed by atoms with Crippen LogP contribution in [0, 0.1) is 0 Å². The second-order valence-corrected chi connectivity index (χ2v) is 7.42. The van der Waals surface area contributed by atoms with Crippen molar-refractivity contribution in [3.63, 3.8) is 0 Å². The van der Waals surface area contributed by atoms with Crippen molar-refractivity contribution in [2.75, 3.05) is 5.75 Å². The van der Waals surface area contributed by atoms with Crippen LogP contribution in [0.4, 0.5) is 11.6 Å². The molecule has 0 aliphatic carbocycles. The van der Waals surface area contributed by atoms with Crippen molar-refractivity contribution in [2.45, 2.75) is 16.8 Å². The van der Waals surface area contributed by atoms with E-state index in [1.807, 2.05) is 6.92 Å². The maximum Gasteiger partial charge on any atom is 0.249 e. The highest BCUT2D eigenvalue weighted by Gasteiger charge is 2.09. The van der Waals surface area contributed by atoms with Gasteiger partial charge in [0.15, 0.2) is 5.65 Å². The summed E-state index contributed by atoms with van der Waals surface area (Å²) in [6, 6.07) is 5.74. The number of fused-ring (bicyclic) bond motifs is 1. The number of rotatable bonds is 5. The van der Waals surface area contributed by atoms with Gasteiger partial charge in [-0.05, 0) is 30.0 Å². The first-order chi connectivity index (χ1) is 11.5. The number of imidazole rings is 1. The molecule has 0 amide bonds. The van der Waals surface area contributed by atoms with E-state index < -0.39 is 10.0 Å². The number of aromatic nitrogens is 4. The van der Waals surface area contributed by atoms with E-state index in [0.717, 1.165) is 10.8 Å². The maximum atomic E-state index is 11.2. The van der Waals surface area contributed by atoms with E-state index in [1.54, 1.807) is 11.8 Å². The van der Waals surface area contributed by atoms with E-state index in [2.05, 4.69) is 30.2 Å². The summed E-state index contributed by atoms with van der Waals surface area (Å²) in [6.07, 6.45) is 1.45. The second-order valence-electron chi connectivity index (χ2n) is 4.61. The molecule has 0 aliphatic rings. The zero-order valence-corrected chi connectivity index (χ0v) is 14.2. The van der Waals surface area contributed by atoms with E-state index in [9.17, 15) is 8.42 Å². The highest BCUT2D eigenvalue weighted by atomic mass is 32.2. The van der Waals surface area contributed by atoms with Crippen molar-refractivity contribution in [3.8, 4) is 0 Å². The van der Waals surface area contributed by atoms with E-state index in [-0.39, 0.29) is 4.90 Å². The number of nitrogens with zero attached hydrogens (tertiary/aromatic N) is 5. The molecule has 0 aliphatic heterocycles. The first-order valence-electron chi connectivity index (χ1n) is 6.85. The van der Waals surface area contributed by atoms with Gasteiger partial charge in [-0.1, -0.05) is 6.92 Å². The van der Waals surface area contributed by atoms with Crippen LogP contribution in [0.3, 0.4) is 0 Å². The summed E-state index contributed by atoms with van der Waals surface area (Å²) in [5.74, 6) is 1.16. The maximum absolute atomic E-state index is 11.2. The lowest BCUT2D eigenvalue weighted by Crippen LogP contribution is -2.11. The van der Waals surface area contributed by atoms with Crippen LogP contribution in [0.25, 0.3) is 11.2 Å².